The number of halogens is 1. The number of carbonyl (C=O) groups is 2. The van der Waals surface area contributed by atoms with E-state index in [9.17, 15) is 14.0 Å². The highest BCUT2D eigenvalue weighted by atomic mass is 19.1. The van der Waals surface area contributed by atoms with Crippen LogP contribution in [0.15, 0.2) is 49.1 Å². The van der Waals surface area contributed by atoms with Crippen LogP contribution in [-0.2, 0) is 22.5 Å². The largest absolute Gasteiger partial charge is 0.484 e. The Morgan fingerprint density at radius 1 is 1.17 bits per heavy atom. The average Bonchev–Trinajstić information content (AvgIpc) is 2.88. The minimum Gasteiger partial charge on any atom is -0.484 e. The molecule has 1 fully saturated rings. The highest BCUT2D eigenvalue weighted by molar-refractivity contribution is 5.87. The maximum absolute atomic E-state index is 14.5. The van der Waals surface area contributed by atoms with Crippen molar-refractivity contribution in [2.45, 2.75) is 39.0 Å². The lowest BCUT2D eigenvalue weighted by molar-refractivity contribution is -0.130. The summed E-state index contributed by atoms with van der Waals surface area (Å²) in [5.74, 6) is 0.334. The summed E-state index contributed by atoms with van der Waals surface area (Å²) in [6, 6.07) is 11.2. The first kappa shape index (κ1) is 25.7. The lowest BCUT2D eigenvalue weighted by Gasteiger charge is -2.40. The molecule has 0 saturated carbocycles. The first-order valence-corrected chi connectivity index (χ1v) is 12.3. The lowest BCUT2D eigenvalue weighted by Crippen LogP contribution is -2.54. The Balaban J connectivity index is 1.54. The molecule has 192 valence electrons. The Kier molecular flexibility index (Phi) is 7.94. The van der Waals surface area contributed by atoms with Crippen LogP contribution in [0.1, 0.15) is 35.3 Å². The molecule has 2 aliphatic heterocycles. The van der Waals surface area contributed by atoms with Gasteiger partial charge in [-0.05, 0) is 66.8 Å². The number of aryl methyl sites for hydroxylation is 1. The molecule has 0 radical (unpaired) electrons. The second-order valence-electron chi connectivity index (χ2n) is 9.53. The number of piperazine rings is 1. The van der Waals surface area contributed by atoms with E-state index >= 15 is 0 Å². The highest BCUT2D eigenvalue weighted by Gasteiger charge is 2.29. The van der Waals surface area contributed by atoms with E-state index in [0.29, 0.717) is 50.6 Å². The van der Waals surface area contributed by atoms with Gasteiger partial charge in [-0.3, -0.25) is 9.69 Å². The summed E-state index contributed by atoms with van der Waals surface area (Å²) in [6.07, 6.45) is 1.35. The molecule has 2 aromatic carbocycles. The molecule has 0 aromatic heterocycles. The van der Waals surface area contributed by atoms with Crippen LogP contribution in [0, 0.1) is 12.7 Å². The summed E-state index contributed by atoms with van der Waals surface area (Å²) in [5, 5.41) is 0. The van der Waals surface area contributed by atoms with Crippen molar-refractivity contribution in [3.63, 3.8) is 0 Å². The van der Waals surface area contributed by atoms with Crippen molar-refractivity contribution in [2.24, 2.45) is 0 Å². The first-order valence-electron chi connectivity index (χ1n) is 12.3. The van der Waals surface area contributed by atoms with Crippen LogP contribution >= 0.6 is 0 Å². The maximum atomic E-state index is 14.5. The van der Waals surface area contributed by atoms with Gasteiger partial charge in [0.25, 0.3) is 0 Å². The minimum absolute atomic E-state index is 0.0349. The van der Waals surface area contributed by atoms with E-state index in [1.807, 2.05) is 36.1 Å². The standard InChI is InChI=1S/C28H34FN3O4/c1-5-27(33)32-13-12-30(16-20(32)3)18-26(22-7-6-19(2)25(29)15-22)36-24-9-8-21-10-11-31(28(34)35-4)17-23(21)14-24/h5-9,14-15,20,26H,1,10-13,16-18H2,2-4H3/t20-,26+/m1/s1. The molecule has 0 N–H and O–H groups in total. The molecule has 2 atom stereocenters. The number of hydrogen-bond donors (Lipinski definition) is 0. The van der Waals surface area contributed by atoms with E-state index in [-0.39, 0.29) is 23.9 Å². The van der Waals surface area contributed by atoms with Gasteiger partial charge >= 0.3 is 6.09 Å². The smallest absolute Gasteiger partial charge is 0.409 e. The summed E-state index contributed by atoms with van der Waals surface area (Å²) >= 11 is 0. The molecule has 0 bridgehead atoms. The number of benzene rings is 2. The second-order valence-corrected chi connectivity index (χ2v) is 9.53. The van der Waals surface area contributed by atoms with Crippen molar-refractivity contribution in [2.75, 3.05) is 39.8 Å². The number of carbonyl (C=O) groups excluding carboxylic acids is 2. The zero-order valence-corrected chi connectivity index (χ0v) is 21.2. The molecule has 8 heteroatoms. The average molecular weight is 496 g/mol. The van der Waals surface area contributed by atoms with Crippen LogP contribution in [0.4, 0.5) is 9.18 Å². The van der Waals surface area contributed by atoms with Crippen LogP contribution in [0.3, 0.4) is 0 Å². The summed E-state index contributed by atoms with van der Waals surface area (Å²) in [4.78, 5) is 29.9. The summed E-state index contributed by atoms with van der Waals surface area (Å²) < 4.78 is 25.9. The number of nitrogens with zero attached hydrogens (tertiary/aromatic N) is 3. The molecule has 2 aliphatic rings. The predicted octanol–water partition coefficient (Wildman–Crippen LogP) is 4.10. The molecule has 7 nitrogen and oxygen atoms in total. The number of fused-ring (bicyclic) bond motifs is 1. The monoisotopic (exact) mass is 495 g/mol. The number of rotatable bonds is 6. The molecule has 36 heavy (non-hydrogen) atoms. The Hall–Kier alpha value is -3.39. The van der Waals surface area contributed by atoms with Gasteiger partial charge in [0, 0.05) is 45.3 Å². The highest BCUT2D eigenvalue weighted by Crippen LogP contribution is 2.29. The van der Waals surface area contributed by atoms with Gasteiger partial charge in [-0.2, -0.15) is 0 Å². The second kappa shape index (κ2) is 11.1. The SMILES string of the molecule is C=CC(=O)N1CCN(C[C@H](Oc2ccc3c(c2)CN(C(=O)OC)CC3)c2ccc(C)c(F)c2)C[C@H]1C. The third-order valence-corrected chi connectivity index (χ3v) is 7.06. The van der Waals surface area contributed by atoms with Crippen molar-refractivity contribution < 1.29 is 23.5 Å². The van der Waals surface area contributed by atoms with Gasteiger partial charge in [0.15, 0.2) is 0 Å². The zero-order chi connectivity index (χ0) is 25.8. The predicted molar refractivity (Wildman–Crippen MR) is 135 cm³/mol. The minimum atomic E-state index is -0.410. The van der Waals surface area contributed by atoms with E-state index in [0.717, 1.165) is 17.5 Å². The normalized spacial score (nSPS) is 18.8. The molecule has 0 unspecified atom stereocenters. The molecular weight excluding hydrogens is 461 g/mol. The molecule has 0 aliphatic carbocycles. The van der Waals surface area contributed by atoms with Crippen molar-refractivity contribution in [1.82, 2.24) is 14.7 Å². The van der Waals surface area contributed by atoms with E-state index in [1.165, 1.54) is 24.8 Å². The third kappa shape index (κ3) is 5.70. The van der Waals surface area contributed by atoms with Crippen LogP contribution in [0.25, 0.3) is 0 Å². The van der Waals surface area contributed by atoms with Crippen LogP contribution < -0.4 is 4.74 Å². The molecular formula is C28H34FN3O4. The number of ether oxygens (including phenoxy) is 2. The Labute approximate surface area is 212 Å². The van der Waals surface area contributed by atoms with Crippen molar-refractivity contribution in [1.29, 1.82) is 0 Å². The summed E-state index contributed by atoms with van der Waals surface area (Å²) in [6.45, 7) is 11.0. The van der Waals surface area contributed by atoms with Gasteiger partial charge in [0.1, 0.15) is 17.7 Å². The number of hydrogen-bond acceptors (Lipinski definition) is 5. The molecule has 4 rings (SSSR count). The van der Waals surface area contributed by atoms with Crippen molar-refractivity contribution in [3.8, 4) is 5.75 Å². The Morgan fingerprint density at radius 3 is 2.67 bits per heavy atom. The molecule has 1 saturated heterocycles. The van der Waals surface area contributed by atoms with Gasteiger partial charge < -0.3 is 19.3 Å². The fraction of sp³-hybridized carbons (Fsp3) is 0.429. The van der Waals surface area contributed by atoms with E-state index in [1.54, 1.807) is 17.9 Å². The first-order chi connectivity index (χ1) is 17.3. The van der Waals surface area contributed by atoms with Crippen molar-refractivity contribution >= 4 is 12.0 Å². The molecule has 2 aromatic rings. The quantitative estimate of drug-likeness (QED) is 0.565. The fourth-order valence-electron chi connectivity index (χ4n) is 4.95. The van der Waals surface area contributed by atoms with Gasteiger partial charge in [-0.1, -0.05) is 24.8 Å². The fourth-order valence-corrected chi connectivity index (χ4v) is 4.95. The maximum Gasteiger partial charge on any atom is 0.409 e. The molecule has 0 spiro atoms. The molecule has 2 heterocycles. The van der Waals surface area contributed by atoms with Gasteiger partial charge in [-0.15, -0.1) is 0 Å². The van der Waals surface area contributed by atoms with Crippen LogP contribution in [0.5, 0.6) is 5.75 Å². The number of methoxy groups -OCH3 is 1. The third-order valence-electron chi connectivity index (χ3n) is 7.06. The van der Waals surface area contributed by atoms with Crippen LogP contribution in [0.2, 0.25) is 0 Å². The topological polar surface area (TPSA) is 62.3 Å². The van der Waals surface area contributed by atoms with Gasteiger partial charge in [0.05, 0.1) is 7.11 Å². The zero-order valence-electron chi connectivity index (χ0n) is 21.2. The molecule has 2 amide bonds. The van der Waals surface area contributed by atoms with E-state index in [2.05, 4.69) is 11.5 Å². The van der Waals surface area contributed by atoms with Gasteiger partial charge in [-0.25, -0.2) is 9.18 Å². The summed E-state index contributed by atoms with van der Waals surface area (Å²) in [5.41, 5.74) is 3.53. The Bertz CT molecular complexity index is 1140. The number of amides is 2. The Morgan fingerprint density at radius 2 is 1.97 bits per heavy atom. The summed E-state index contributed by atoms with van der Waals surface area (Å²) in [7, 11) is 1.39. The van der Waals surface area contributed by atoms with E-state index in [4.69, 9.17) is 9.47 Å². The van der Waals surface area contributed by atoms with E-state index < -0.39 is 6.10 Å². The lowest BCUT2D eigenvalue weighted by atomic mass is 9.99. The van der Waals surface area contributed by atoms with Gasteiger partial charge in [0.2, 0.25) is 5.91 Å². The van der Waals surface area contributed by atoms with Crippen molar-refractivity contribution in [3.05, 3.63) is 77.1 Å². The van der Waals surface area contributed by atoms with Crippen LogP contribution in [-0.4, -0.2) is 72.6 Å².